The second kappa shape index (κ2) is 7.73. The van der Waals surface area contributed by atoms with Crippen LogP contribution in [0.25, 0.3) is 5.57 Å². The molecule has 0 aliphatic carbocycles. The van der Waals surface area contributed by atoms with E-state index in [-0.39, 0.29) is 5.97 Å². The fourth-order valence-electron chi connectivity index (χ4n) is 2.54. The molecule has 1 aliphatic rings. The van der Waals surface area contributed by atoms with E-state index in [0.29, 0.717) is 5.56 Å². The molecule has 2 heterocycles. The van der Waals surface area contributed by atoms with Crippen LogP contribution >= 0.6 is 11.3 Å². The van der Waals surface area contributed by atoms with Crippen LogP contribution in [0.15, 0.2) is 11.5 Å². The van der Waals surface area contributed by atoms with Crippen molar-refractivity contribution >= 4 is 22.9 Å². The maximum atomic E-state index is 11.7. The Kier molecular flexibility index (Phi) is 5.96. The number of rotatable bonds is 5. The van der Waals surface area contributed by atoms with Crippen molar-refractivity contribution in [1.29, 1.82) is 0 Å². The molecule has 0 N–H and O–H groups in total. The summed E-state index contributed by atoms with van der Waals surface area (Å²) in [6.07, 6.45) is 3.15. The number of morpholine rings is 1. The summed E-state index contributed by atoms with van der Waals surface area (Å²) in [4.78, 5) is 15.3. The molecule has 0 atom stereocenters. The van der Waals surface area contributed by atoms with Gasteiger partial charge in [0, 0.05) is 29.9 Å². The lowest BCUT2D eigenvalue weighted by atomic mass is 10.0. The Bertz CT molecular complexity index is 516. The van der Waals surface area contributed by atoms with Gasteiger partial charge in [-0.3, -0.25) is 4.90 Å². The summed E-state index contributed by atoms with van der Waals surface area (Å²) in [5.74, 6) is -0.251. The summed E-state index contributed by atoms with van der Waals surface area (Å²) in [5.41, 5.74) is 3.02. The molecule has 0 radical (unpaired) electrons. The molecule has 2 rings (SSSR count). The predicted octanol–water partition coefficient (Wildman–Crippen LogP) is 2.97. The van der Waals surface area contributed by atoms with E-state index in [0.717, 1.165) is 44.8 Å². The third-order valence-electron chi connectivity index (χ3n) is 3.89. The van der Waals surface area contributed by atoms with Gasteiger partial charge in [-0.15, -0.1) is 11.3 Å². The third kappa shape index (κ3) is 3.93. The van der Waals surface area contributed by atoms with Crippen molar-refractivity contribution in [2.75, 3.05) is 40.0 Å². The SMILES string of the molecule is CC=C(CCN1CCOCC1)c1scc(C(=O)OC)c1C. The van der Waals surface area contributed by atoms with Crippen LogP contribution in [0.5, 0.6) is 0 Å². The van der Waals surface area contributed by atoms with Crippen molar-refractivity contribution in [3.63, 3.8) is 0 Å². The first kappa shape index (κ1) is 16.2. The van der Waals surface area contributed by atoms with Gasteiger partial charge in [0.05, 0.1) is 25.9 Å². The first-order valence-electron chi connectivity index (χ1n) is 7.29. The Morgan fingerprint density at radius 1 is 1.48 bits per heavy atom. The van der Waals surface area contributed by atoms with Gasteiger partial charge >= 0.3 is 5.97 Å². The summed E-state index contributed by atoms with van der Waals surface area (Å²) in [6, 6.07) is 0. The highest BCUT2D eigenvalue weighted by Crippen LogP contribution is 2.31. The number of hydrogen-bond donors (Lipinski definition) is 0. The second-order valence-electron chi connectivity index (χ2n) is 5.11. The van der Waals surface area contributed by atoms with Crippen LogP contribution in [0.2, 0.25) is 0 Å². The highest BCUT2D eigenvalue weighted by atomic mass is 32.1. The quantitative estimate of drug-likeness (QED) is 0.784. The van der Waals surface area contributed by atoms with Crippen molar-refractivity contribution in [3.8, 4) is 0 Å². The van der Waals surface area contributed by atoms with E-state index >= 15 is 0 Å². The van der Waals surface area contributed by atoms with Gasteiger partial charge in [0.15, 0.2) is 0 Å². The number of ether oxygens (including phenoxy) is 2. The maximum Gasteiger partial charge on any atom is 0.338 e. The second-order valence-corrected chi connectivity index (χ2v) is 5.99. The predicted molar refractivity (Wildman–Crippen MR) is 85.9 cm³/mol. The van der Waals surface area contributed by atoms with Gasteiger partial charge < -0.3 is 9.47 Å². The molecule has 116 valence electrons. The van der Waals surface area contributed by atoms with Gasteiger partial charge in [-0.05, 0) is 31.4 Å². The van der Waals surface area contributed by atoms with Gasteiger partial charge in [0.1, 0.15) is 0 Å². The zero-order valence-corrected chi connectivity index (χ0v) is 13.8. The molecule has 5 heteroatoms. The van der Waals surface area contributed by atoms with Crippen LogP contribution in [0.1, 0.15) is 34.1 Å². The molecule has 1 aliphatic heterocycles. The topological polar surface area (TPSA) is 38.8 Å². The molecule has 1 fully saturated rings. The summed E-state index contributed by atoms with van der Waals surface area (Å²) in [5, 5.41) is 1.90. The Balaban J connectivity index is 2.04. The molecular weight excluding hydrogens is 286 g/mol. The van der Waals surface area contributed by atoms with Crippen LogP contribution in [-0.2, 0) is 9.47 Å². The average molecular weight is 309 g/mol. The summed E-state index contributed by atoms with van der Waals surface area (Å²) in [6.45, 7) is 8.77. The summed E-state index contributed by atoms with van der Waals surface area (Å²) >= 11 is 1.63. The minimum absolute atomic E-state index is 0.251. The van der Waals surface area contributed by atoms with Gasteiger partial charge in [0.2, 0.25) is 0 Å². The number of carbonyl (C=O) groups excluding carboxylic acids is 1. The molecule has 0 spiro atoms. The molecule has 1 saturated heterocycles. The smallest absolute Gasteiger partial charge is 0.338 e. The Morgan fingerprint density at radius 3 is 2.81 bits per heavy atom. The molecule has 0 saturated carbocycles. The van der Waals surface area contributed by atoms with E-state index in [9.17, 15) is 4.79 Å². The van der Waals surface area contributed by atoms with Crippen molar-refractivity contribution in [1.82, 2.24) is 4.90 Å². The van der Waals surface area contributed by atoms with Crippen molar-refractivity contribution in [3.05, 3.63) is 27.5 Å². The largest absolute Gasteiger partial charge is 0.465 e. The fourth-order valence-corrected chi connectivity index (χ4v) is 3.70. The van der Waals surface area contributed by atoms with Crippen LogP contribution in [0.4, 0.5) is 0 Å². The number of nitrogens with zero attached hydrogens (tertiary/aromatic N) is 1. The van der Waals surface area contributed by atoms with Gasteiger partial charge in [-0.25, -0.2) is 4.79 Å². The monoisotopic (exact) mass is 309 g/mol. The Morgan fingerprint density at radius 2 is 2.19 bits per heavy atom. The number of carbonyl (C=O) groups is 1. The van der Waals surface area contributed by atoms with Crippen molar-refractivity contribution in [2.45, 2.75) is 20.3 Å². The molecule has 1 aromatic rings. The molecule has 21 heavy (non-hydrogen) atoms. The minimum Gasteiger partial charge on any atom is -0.465 e. The van der Waals surface area contributed by atoms with Crippen molar-refractivity contribution in [2.24, 2.45) is 0 Å². The number of hydrogen-bond acceptors (Lipinski definition) is 5. The van der Waals surface area contributed by atoms with Crippen LogP contribution in [0, 0.1) is 6.92 Å². The molecule has 4 nitrogen and oxygen atoms in total. The molecular formula is C16H23NO3S. The van der Waals surface area contributed by atoms with Crippen LogP contribution in [0.3, 0.4) is 0 Å². The van der Waals surface area contributed by atoms with E-state index in [4.69, 9.17) is 9.47 Å². The molecule has 0 amide bonds. The minimum atomic E-state index is -0.251. The number of esters is 1. The number of thiophene rings is 1. The molecule has 0 aromatic carbocycles. The van der Waals surface area contributed by atoms with E-state index in [1.807, 2.05) is 12.3 Å². The van der Waals surface area contributed by atoms with E-state index in [1.54, 1.807) is 11.3 Å². The molecule has 0 bridgehead atoms. The van der Waals surface area contributed by atoms with Gasteiger partial charge in [-0.2, -0.15) is 0 Å². The number of allylic oxidation sites excluding steroid dienone is 1. The van der Waals surface area contributed by atoms with Crippen LogP contribution in [-0.4, -0.2) is 50.8 Å². The number of methoxy groups -OCH3 is 1. The summed E-state index contributed by atoms with van der Waals surface area (Å²) < 4.78 is 10.2. The maximum absolute atomic E-state index is 11.7. The van der Waals surface area contributed by atoms with E-state index < -0.39 is 0 Å². The fraction of sp³-hybridized carbons (Fsp3) is 0.562. The zero-order valence-electron chi connectivity index (χ0n) is 13.0. The van der Waals surface area contributed by atoms with Gasteiger partial charge in [-0.1, -0.05) is 6.08 Å². The molecule has 1 aromatic heterocycles. The normalized spacial score (nSPS) is 17.0. The van der Waals surface area contributed by atoms with Crippen molar-refractivity contribution < 1.29 is 14.3 Å². The Hall–Kier alpha value is -1.17. The lowest BCUT2D eigenvalue weighted by Crippen LogP contribution is -2.36. The first-order valence-corrected chi connectivity index (χ1v) is 8.17. The highest BCUT2D eigenvalue weighted by Gasteiger charge is 2.18. The van der Waals surface area contributed by atoms with E-state index in [2.05, 4.69) is 17.9 Å². The molecule has 0 unspecified atom stereocenters. The lowest BCUT2D eigenvalue weighted by molar-refractivity contribution is 0.0390. The van der Waals surface area contributed by atoms with Crippen LogP contribution < -0.4 is 0 Å². The van der Waals surface area contributed by atoms with E-state index in [1.165, 1.54) is 17.6 Å². The summed E-state index contributed by atoms with van der Waals surface area (Å²) in [7, 11) is 1.42. The Labute approximate surface area is 130 Å². The third-order valence-corrected chi connectivity index (χ3v) is 5.04. The standard InChI is InChI=1S/C16H23NO3S/c1-4-13(5-6-17-7-9-20-10-8-17)15-12(2)14(11-21-15)16(18)19-3/h4,11H,5-10H2,1-3H3. The lowest BCUT2D eigenvalue weighted by Gasteiger charge is -2.26. The van der Waals surface area contributed by atoms with Gasteiger partial charge in [0.25, 0.3) is 0 Å². The zero-order chi connectivity index (χ0) is 15.2. The average Bonchev–Trinajstić information content (AvgIpc) is 2.90. The first-order chi connectivity index (χ1) is 10.2. The highest BCUT2D eigenvalue weighted by molar-refractivity contribution is 7.11.